The highest BCUT2D eigenvalue weighted by molar-refractivity contribution is 5.97. The molecule has 0 aliphatic carbocycles. The number of nitrogens with one attached hydrogen (secondary N) is 2. The zero-order chi connectivity index (χ0) is 20.8. The third-order valence-corrected chi connectivity index (χ3v) is 3.97. The van der Waals surface area contributed by atoms with E-state index in [0.29, 0.717) is 30.4 Å². The van der Waals surface area contributed by atoms with Crippen molar-refractivity contribution in [3.8, 4) is 11.5 Å². The summed E-state index contributed by atoms with van der Waals surface area (Å²) < 4.78 is 29.0. The minimum Gasteiger partial charge on any atom is -0.486 e. The van der Waals surface area contributed by atoms with Gasteiger partial charge in [-0.2, -0.15) is 0 Å². The second-order valence-electron chi connectivity index (χ2n) is 6.17. The van der Waals surface area contributed by atoms with Crippen LogP contribution in [0.2, 0.25) is 0 Å². The summed E-state index contributed by atoms with van der Waals surface area (Å²) in [6.45, 7) is 1.82. The van der Waals surface area contributed by atoms with Crippen LogP contribution in [0.25, 0.3) is 0 Å². The Hall–Kier alpha value is -3.62. The summed E-state index contributed by atoms with van der Waals surface area (Å²) in [5.41, 5.74) is 0.531. The summed E-state index contributed by atoms with van der Waals surface area (Å²) in [5, 5.41) is 4.93. The summed E-state index contributed by atoms with van der Waals surface area (Å²) in [4.78, 5) is 36.0. The van der Waals surface area contributed by atoms with Gasteiger partial charge in [0.2, 0.25) is 0 Å². The zero-order valence-corrected chi connectivity index (χ0v) is 15.6. The molecule has 1 aliphatic rings. The van der Waals surface area contributed by atoms with E-state index in [9.17, 15) is 18.8 Å². The number of carbonyl (C=O) groups excluding carboxylic acids is 3. The van der Waals surface area contributed by atoms with Crippen LogP contribution < -0.4 is 20.1 Å². The van der Waals surface area contributed by atoms with Crippen LogP contribution in [0.15, 0.2) is 42.5 Å². The maximum atomic E-state index is 13.1. The Morgan fingerprint density at radius 1 is 1.10 bits per heavy atom. The number of anilines is 1. The zero-order valence-electron chi connectivity index (χ0n) is 15.6. The van der Waals surface area contributed by atoms with Crippen molar-refractivity contribution < 1.29 is 33.0 Å². The number of carbonyl (C=O) groups is 3. The molecular formula is C20H19FN2O6. The molecule has 0 aromatic heterocycles. The topological polar surface area (TPSA) is 103 Å². The molecular weight excluding hydrogens is 383 g/mol. The van der Waals surface area contributed by atoms with Crippen LogP contribution in [-0.4, -0.2) is 43.6 Å². The number of fused-ring (bicyclic) bond motifs is 1. The highest BCUT2D eigenvalue weighted by Crippen LogP contribution is 2.32. The van der Waals surface area contributed by atoms with Gasteiger partial charge in [-0.25, -0.2) is 4.39 Å². The van der Waals surface area contributed by atoms with Crippen LogP contribution in [0.4, 0.5) is 10.1 Å². The monoisotopic (exact) mass is 402 g/mol. The van der Waals surface area contributed by atoms with Crippen molar-refractivity contribution in [2.24, 2.45) is 0 Å². The van der Waals surface area contributed by atoms with Crippen molar-refractivity contribution in [3.63, 3.8) is 0 Å². The lowest BCUT2D eigenvalue weighted by Gasteiger charge is -2.19. The van der Waals surface area contributed by atoms with E-state index in [0.717, 1.165) is 6.07 Å². The maximum absolute atomic E-state index is 13.1. The summed E-state index contributed by atoms with van der Waals surface area (Å²) >= 11 is 0. The summed E-state index contributed by atoms with van der Waals surface area (Å²) in [7, 11) is 0. The molecule has 2 N–H and O–H groups in total. The Morgan fingerprint density at radius 2 is 1.86 bits per heavy atom. The van der Waals surface area contributed by atoms with Gasteiger partial charge in [-0.1, -0.05) is 6.07 Å². The largest absolute Gasteiger partial charge is 0.486 e. The fourth-order valence-corrected chi connectivity index (χ4v) is 2.54. The van der Waals surface area contributed by atoms with Crippen molar-refractivity contribution in [3.05, 3.63) is 53.8 Å². The van der Waals surface area contributed by atoms with Gasteiger partial charge in [-0.05, 0) is 37.3 Å². The van der Waals surface area contributed by atoms with Gasteiger partial charge in [0.05, 0.1) is 0 Å². The highest BCUT2D eigenvalue weighted by atomic mass is 19.1. The number of hydrogen-bond donors (Lipinski definition) is 2. The Bertz CT molecular complexity index is 933. The third kappa shape index (κ3) is 5.44. The van der Waals surface area contributed by atoms with Crippen molar-refractivity contribution in [2.45, 2.75) is 13.0 Å². The van der Waals surface area contributed by atoms with E-state index in [-0.39, 0.29) is 5.56 Å². The minimum atomic E-state index is -1.10. The first kappa shape index (κ1) is 20.1. The lowest BCUT2D eigenvalue weighted by atomic mass is 10.2. The lowest BCUT2D eigenvalue weighted by molar-refractivity contribution is -0.152. The van der Waals surface area contributed by atoms with Gasteiger partial charge in [0.25, 0.3) is 11.8 Å². The fourth-order valence-electron chi connectivity index (χ4n) is 2.54. The van der Waals surface area contributed by atoms with Gasteiger partial charge in [-0.3, -0.25) is 14.4 Å². The number of amides is 2. The molecule has 0 fully saturated rings. The molecule has 2 amide bonds. The first-order valence-electron chi connectivity index (χ1n) is 8.86. The maximum Gasteiger partial charge on any atom is 0.326 e. The highest BCUT2D eigenvalue weighted by Gasteiger charge is 2.20. The Labute approximate surface area is 165 Å². The van der Waals surface area contributed by atoms with Gasteiger partial charge < -0.3 is 24.8 Å². The smallest absolute Gasteiger partial charge is 0.326 e. The van der Waals surface area contributed by atoms with E-state index in [2.05, 4.69) is 10.6 Å². The third-order valence-electron chi connectivity index (χ3n) is 3.97. The van der Waals surface area contributed by atoms with E-state index in [1.54, 1.807) is 18.2 Å². The Kier molecular flexibility index (Phi) is 6.28. The van der Waals surface area contributed by atoms with Crippen molar-refractivity contribution in [2.75, 3.05) is 25.1 Å². The van der Waals surface area contributed by atoms with Crippen molar-refractivity contribution >= 4 is 23.5 Å². The molecule has 0 bridgehead atoms. The number of esters is 1. The SMILES string of the molecule is C[C@H](OC(=O)CNC(=O)c1cccc(F)c1)C(=O)Nc1ccc2c(c1)OCCO2. The standard InChI is InChI=1S/C20H19FN2O6/c1-12(19(25)23-15-5-6-16-17(10-15)28-8-7-27-16)29-18(24)11-22-20(26)13-3-2-4-14(21)9-13/h2-6,9-10,12H,7-8,11H2,1H3,(H,22,26)(H,23,25)/t12-/m0/s1. The number of rotatable bonds is 6. The normalized spacial score (nSPS) is 13.2. The molecule has 152 valence electrons. The molecule has 9 heteroatoms. The van der Waals surface area contributed by atoms with Crippen LogP contribution in [0, 0.1) is 5.82 Å². The molecule has 2 aromatic rings. The molecule has 29 heavy (non-hydrogen) atoms. The first-order chi connectivity index (χ1) is 13.9. The molecule has 0 radical (unpaired) electrons. The average Bonchev–Trinajstić information content (AvgIpc) is 2.71. The van der Waals surface area contributed by atoms with Gasteiger partial charge in [0.1, 0.15) is 25.6 Å². The second-order valence-corrected chi connectivity index (χ2v) is 6.17. The number of ether oxygens (including phenoxy) is 3. The van der Waals surface area contributed by atoms with Gasteiger partial charge in [-0.15, -0.1) is 0 Å². The Morgan fingerprint density at radius 3 is 2.62 bits per heavy atom. The summed E-state index contributed by atoms with van der Waals surface area (Å²) in [5.74, 6) is -1.45. The molecule has 8 nitrogen and oxygen atoms in total. The van der Waals surface area contributed by atoms with Crippen molar-refractivity contribution in [1.82, 2.24) is 5.32 Å². The molecule has 1 aliphatic heterocycles. The Balaban J connectivity index is 1.47. The van der Waals surface area contributed by atoms with Crippen LogP contribution in [-0.2, 0) is 14.3 Å². The number of hydrogen-bond acceptors (Lipinski definition) is 6. The van der Waals surface area contributed by atoms with E-state index < -0.39 is 36.2 Å². The van der Waals surface area contributed by atoms with Crippen LogP contribution in [0.3, 0.4) is 0 Å². The lowest BCUT2D eigenvalue weighted by Crippen LogP contribution is -2.35. The fraction of sp³-hybridized carbons (Fsp3) is 0.250. The quantitative estimate of drug-likeness (QED) is 0.716. The number of benzene rings is 2. The molecule has 1 heterocycles. The van der Waals surface area contributed by atoms with Gasteiger partial charge in [0.15, 0.2) is 17.6 Å². The molecule has 2 aromatic carbocycles. The predicted molar refractivity (Wildman–Crippen MR) is 100 cm³/mol. The van der Waals surface area contributed by atoms with Crippen LogP contribution in [0.1, 0.15) is 17.3 Å². The van der Waals surface area contributed by atoms with Crippen molar-refractivity contribution in [1.29, 1.82) is 0 Å². The predicted octanol–water partition coefficient (Wildman–Crippen LogP) is 1.90. The van der Waals surface area contributed by atoms with Crippen LogP contribution in [0.5, 0.6) is 11.5 Å². The average molecular weight is 402 g/mol. The molecule has 0 saturated carbocycles. The molecule has 0 unspecified atom stereocenters. The summed E-state index contributed by atoms with van der Waals surface area (Å²) in [6, 6.07) is 9.96. The summed E-state index contributed by atoms with van der Waals surface area (Å²) in [6.07, 6.45) is -1.10. The molecule has 0 saturated heterocycles. The van der Waals surface area contributed by atoms with Gasteiger partial charge >= 0.3 is 5.97 Å². The van der Waals surface area contributed by atoms with E-state index in [1.165, 1.54) is 25.1 Å². The molecule has 3 rings (SSSR count). The van der Waals surface area contributed by atoms with Crippen LogP contribution >= 0.6 is 0 Å². The minimum absolute atomic E-state index is 0.0715. The van der Waals surface area contributed by atoms with E-state index >= 15 is 0 Å². The van der Waals surface area contributed by atoms with E-state index in [1.807, 2.05) is 0 Å². The van der Waals surface area contributed by atoms with E-state index in [4.69, 9.17) is 14.2 Å². The van der Waals surface area contributed by atoms with Gasteiger partial charge in [0, 0.05) is 17.3 Å². The number of halogens is 1. The second kappa shape index (κ2) is 9.05. The molecule has 1 atom stereocenters. The molecule has 0 spiro atoms. The first-order valence-corrected chi connectivity index (χ1v) is 8.86.